The SMILES string of the molecule is CCN(C(=O)c1cc(O)cc(O)c1)c1ccccc1. The maximum atomic E-state index is 12.4. The van der Waals surface area contributed by atoms with Crippen molar-refractivity contribution in [3.63, 3.8) is 0 Å². The van der Waals surface area contributed by atoms with Gasteiger partial charge in [-0.05, 0) is 31.2 Å². The van der Waals surface area contributed by atoms with Gasteiger partial charge >= 0.3 is 0 Å². The Hall–Kier alpha value is -2.49. The topological polar surface area (TPSA) is 60.8 Å². The first-order valence-corrected chi connectivity index (χ1v) is 6.01. The van der Waals surface area contributed by atoms with Gasteiger partial charge in [0.15, 0.2) is 0 Å². The molecule has 0 heterocycles. The molecule has 2 aromatic carbocycles. The number of amides is 1. The molecule has 0 atom stereocenters. The van der Waals surface area contributed by atoms with Crippen LogP contribution in [0.5, 0.6) is 11.5 Å². The molecule has 0 unspecified atom stereocenters. The monoisotopic (exact) mass is 257 g/mol. The van der Waals surface area contributed by atoms with Crippen LogP contribution in [0.2, 0.25) is 0 Å². The van der Waals surface area contributed by atoms with Gasteiger partial charge in [0.2, 0.25) is 0 Å². The maximum absolute atomic E-state index is 12.4. The molecule has 0 saturated carbocycles. The third kappa shape index (κ3) is 2.85. The molecule has 19 heavy (non-hydrogen) atoms. The minimum absolute atomic E-state index is 0.132. The molecule has 0 saturated heterocycles. The Morgan fingerprint density at radius 2 is 1.63 bits per heavy atom. The highest BCUT2D eigenvalue weighted by atomic mass is 16.3. The standard InChI is InChI=1S/C15H15NO3/c1-2-16(12-6-4-3-5-7-12)15(19)11-8-13(17)10-14(18)9-11/h3-10,17-18H,2H2,1H3. The van der Waals surface area contributed by atoms with Gasteiger partial charge in [-0.15, -0.1) is 0 Å². The number of para-hydroxylation sites is 1. The number of phenols is 2. The fourth-order valence-corrected chi connectivity index (χ4v) is 1.93. The Bertz CT molecular complexity index is 561. The van der Waals surface area contributed by atoms with Crippen molar-refractivity contribution in [3.8, 4) is 11.5 Å². The van der Waals surface area contributed by atoms with Crippen LogP contribution >= 0.6 is 0 Å². The summed E-state index contributed by atoms with van der Waals surface area (Å²) >= 11 is 0. The number of carbonyl (C=O) groups excluding carboxylic acids is 1. The molecule has 0 bridgehead atoms. The quantitative estimate of drug-likeness (QED) is 0.888. The predicted octanol–water partition coefficient (Wildman–Crippen LogP) is 2.76. The maximum Gasteiger partial charge on any atom is 0.258 e. The van der Waals surface area contributed by atoms with Gasteiger partial charge in [-0.3, -0.25) is 4.79 Å². The molecule has 4 nitrogen and oxygen atoms in total. The van der Waals surface area contributed by atoms with Crippen molar-refractivity contribution in [1.29, 1.82) is 0 Å². The Labute approximate surface area is 111 Å². The summed E-state index contributed by atoms with van der Waals surface area (Å²) in [5.74, 6) is -0.528. The largest absolute Gasteiger partial charge is 0.508 e. The first-order valence-electron chi connectivity index (χ1n) is 6.01. The highest BCUT2D eigenvalue weighted by molar-refractivity contribution is 6.06. The normalized spacial score (nSPS) is 10.2. The molecule has 4 heteroatoms. The van der Waals surface area contributed by atoms with E-state index < -0.39 is 0 Å². The molecule has 0 spiro atoms. The van der Waals surface area contributed by atoms with E-state index in [1.807, 2.05) is 37.3 Å². The molecule has 2 rings (SSSR count). The van der Waals surface area contributed by atoms with Crippen LogP contribution in [-0.2, 0) is 0 Å². The fourth-order valence-electron chi connectivity index (χ4n) is 1.93. The van der Waals surface area contributed by atoms with Crippen LogP contribution < -0.4 is 4.90 Å². The number of hydrogen-bond donors (Lipinski definition) is 2. The van der Waals surface area contributed by atoms with E-state index in [-0.39, 0.29) is 23.0 Å². The predicted molar refractivity (Wildman–Crippen MR) is 73.6 cm³/mol. The lowest BCUT2D eigenvalue weighted by atomic mass is 10.1. The van der Waals surface area contributed by atoms with E-state index in [1.165, 1.54) is 18.2 Å². The molecule has 2 N–H and O–H groups in total. The summed E-state index contributed by atoms with van der Waals surface area (Å²) in [6.07, 6.45) is 0. The summed E-state index contributed by atoms with van der Waals surface area (Å²) in [6, 6.07) is 13.1. The van der Waals surface area contributed by atoms with Crippen LogP contribution in [0.4, 0.5) is 5.69 Å². The summed E-state index contributed by atoms with van der Waals surface area (Å²) in [5.41, 5.74) is 1.03. The van der Waals surface area contributed by atoms with Crippen molar-refractivity contribution in [2.75, 3.05) is 11.4 Å². The van der Waals surface area contributed by atoms with Gasteiger partial charge in [0, 0.05) is 23.9 Å². The minimum atomic E-state index is -0.264. The van der Waals surface area contributed by atoms with E-state index in [0.29, 0.717) is 6.54 Å². The Balaban J connectivity index is 2.36. The lowest BCUT2D eigenvalue weighted by Crippen LogP contribution is -2.30. The van der Waals surface area contributed by atoms with Gasteiger partial charge in [0.05, 0.1) is 0 Å². The van der Waals surface area contributed by atoms with E-state index in [1.54, 1.807) is 4.90 Å². The van der Waals surface area contributed by atoms with Gasteiger partial charge in [0.1, 0.15) is 11.5 Å². The zero-order valence-corrected chi connectivity index (χ0v) is 10.6. The Morgan fingerprint density at radius 1 is 1.05 bits per heavy atom. The van der Waals surface area contributed by atoms with E-state index in [9.17, 15) is 15.0 Å². The fraction of sp³-hybridized carbons (Fsp3) is 0.133. The molecular formula is C15H15NO3. The summed E-state index contributed by atoms with van der Waals surface area (Å²) in [7, 11) is 0. The van der Waals surface area contributed by atoms with Gasteiger partial charge in [-0.2, -0.15) is 0 Å². The minimum Gasteiger partial charge on any atom is -0.508 e. The van der Waals surface area contributed by atoms with Crippen LogP contribution in [0.15, 0.2) is 48.5 Å². The second-order valence-corrected chi connectivity index (χ2v) is 4.12. The second kappa shape index (κ2) is 5.44. The molecule has 0 aliphatic rings. The molecule has 2 aromatic rings. The summed E-state index contributed by atoms with van der Waals surface area (Å²) in [5, 5.41) is 18.9. The molecule has 0 aliphatic heterocycles. The van der Waals surface area contributed by atoms with E-state index >= 15 is 0 Å². The van der Waals surface area contributed by atoms with Crippen molar-refractivity contribution in [1.82, 2.24) is 0 Å². The molecular weight excluding hydrogens is 242 g/mol. The smallest absolute Gasteiger partial charge is 0.258 e. The number of aromatic hydroxyl groups is 2. The van der Waals surface area contributed by atoms with E-state index in [2.05, 4.69) is 0 Å². The number of phenolic OH excluding ortho intramolecular Hbond substituents is 2. The van der Waals surface area contributed by atoms with Crippen LogP contribution in [0.3, 0.4) is 0 Å². The third-order valence-corrected chi connectivity index (χ3v) is 2.78. The van der Waals surface area contributed by atoms with Gasteiger partial charge in [-0.25, -0.2) is 0 Å². The summed E-state index contributed by atoms with van der Waals surface area (Å²) in [6.45, 7) is 2.37. The van der Waals surface area contributed by atoms with Crippen molar-refractivity contribution in [3.05, 3.63) is 54.1 Å². The molecule has 0 radical (unpaired) electrons. The molecule has 0 aromatic heterocycles. The summed E-state index contributed by atoms with van der Waals surface area (Å²) < 4.78 is 0. The average molecular weight is 257 g/mol. The van der Waals surface area contributed by atoms with Crippen LogP contribution in [0.25, 0.3) is 0 Å². The van der Waals surface area contributed by atoms with Gasteiger partial charge in [0.25, 0.3) is 5.91 Å². The average Bonchev–Trinajstić information content (AvgIpc) is 2.39. The molecule has 0 fully saturated rings. The lowest BCUT2D eigenvalue weighted by molar-refractivity contribution is 0.0987. The van der Waals surface area contributed by atoms with Crippen LogP contribution in [0, 0.1) is 0 Å². The number of hydrogen-bond acceptors (Lipinski definition) is 3. The highest BCUT2D eigenvalue weighted by Crippen LogP contribution is 2.23. The van der Waals surface area contributed by atoms with Crippen LogP contribution in [-0.4, -0.2) is 22.7 Å². The third-order valence-electron chi connectivity index (χ3n) is 2.78. The molecule has 1 amide bonds. The number of anilines is 1. The van der Waals surface area contributed by atoms with E-state index in [0.717, 1.165) is 5.69 Å². The Kier molecular flexibility index (Phi) is 3.71. The van der Waals surface area contributed by atoms with Crippen molar-refractivity contribution in [2.24, 2.45) is 0 Å². The number of rotatable bonds is 3. The van der Waals surface area contributed by atoms with E-state index in [4.69, 9.17) is 0 Å². The van der Waals surface area contributed by atoms with Crippen LogP contribution in [0.1, 0.15) is 17.3 Å². The molecule has 98 valence electrons. The molecule has 0 aliphatic carbocycles. The highest BCUT2D eigenvalue weighted by Gasteiger charge is 2.17. The van der Waals surface area contributed by atoms with Gasteiger partial charge < -0.3 is 15.1 Å². The number of nitrogens with zero attached hydrogens (tertiary/aromatic N) is 1. The van der Waals surface area contributed by atoms with Crippen molar-refractivity contribution < 1.29 is 15.0 Å². The second-order valence-electron chi connectivity index (χ2n) is 4.12. The summed E-state index contributed by atoms with van der Waals surface area (Å²) in [4.78, 5) is 14.0. The zero-order valence-electron chi connectivity index (χ0n) is 10.6. The van der Waals surface area contributed by atoms with Gasteiger partial charge in [-0.1, -0.05) is 18.2 Å². The number of benzene rings is 2. The Morgan fingerprint density at radius 3 is 2.16 bits per heavy atom. The van der Waals surface area contributed by atoms with Crippen molar-refractivity contribution in [2.45, 2.75) is 6.92 Å². The lowest BCUT2D eigenvalue weighted by Gasteiger charge is -2.21. The number of carbonyl (C=O) groups is 1. The van der Waals surface area contributed by atoms with Crippen molar-refractivity contribution >= 4 is 11.6 Å². The zero-order chi connectivity index (χ0) is 13.8. The first-order chi connectivity index (χ1) is 9.11. The first kappa shape index (κ1) is 13.0.